The zero-order valence-electron chi connectivity index (χ0n) is 12.0. The largest absolute Gasteiger partial charge is 0.481 e. The van der Waals surface area contributed by atoms with Gasteiger partial charge in [-0.25, -0.2) is 4.79 Å². The predicted octanol–water partition coefficient (Wildman–Crippen LogP) is 0.984. The summed E-state index contributed by atoms with van der Waals surface area (Å²) in [5.41, 5.74) is -2.10. The lowest BCUT2D eigenvalue weighted by molar-refractivity contribution is -0.150. The van der Waals surface area contributed by atoms with E-state index in [2.05, 4.69) is 0 Å². The Morgan fingerprint density at radius 3 is 2.00 bits per heavy atom. The first-order chi connectivity index (χ1) is 10.0. The van der Waals surface area contributed by atoms with E-state index in [9.17, 15) is 29.4 Å². The summed E-state index contributed by atoms with van der Waals surface area (Å²) in [5.74, 6) is -6.88. The van der Waals surface area contributed by atoms with Crippen LogP contribution in [-0.2, 0) is 19.2 Å². The van der Waals surface area contributed by atoms with Crippen LogP contribution in [0.1, 0.15) is 26.7 Å². The number of aliphatic carboxylic acids is 4. The minimum Gasteiger partial charge on any atom is -0.481 e. The van der Waals surface area contributed by atoms with Crippen molar-refractivity contribution in [3.63, 3.8) is 0 Å². The molecule has 1 aliphatic carbocycles. The molecule has 0 aromatic rings. The van der Waals surface area contributed by atoms with Gasteiger partial charge in [0, 0.05) is 11.5 Å². The Hall–Kier alpha value is -2.64. The third kappa shape index (κ3) is 3.00. The molecule has 0 spiro atoms. The number of carboxylic acid groups (broad SMARTS) is 4. The SMILES string of the molecule is CC1=C(C(=O)O)C(CC(=O)O)C(C)(C(=O)O)C(CC(=O)O)=C1. The molecular formula is C14H16O8. The van der Waals surface area contributed by atoms with E-state index in [0.29, 0.717) is 0 Å². The van der Waals surface area contributed by atoms with Gasteiger partial charge in [0.2, 0.25) is 0 Å². The van der Waals surface area contributed by atoms with Crippen LogP contribution in [0.25, 0.3) is 0 Å². The molecule has 0 saturated carbocycles. The Morgan fingerprint density at radius 2 is 1.64 bits per heavy atom. The van der Waals surface area contributed by atoms with Gasteiger partial charge in [-0.15, -0.1) is 0 Å². The Labute approximate surface area is 125 Å². The normalized spacial score (nSPS) is 24.6. The van der Waals surface area contributed by atoms with Gasteiger partial charge in [0.15, 0.2) is 0 Å². The molecule has 1 rings (SSSR count). The Balaban J connectivity index is 3.61. The van der Waals surface area contributed by atoms with E-state index >= 15 is 0 Å². The predicted molar refractivity (Wildman–Crippen MR) is 72.2 cm³/mol. The first-order valence-corrected chi connectivity index (χ1v) is 6.33. The van der Waals surface area contributed by atoms with Crippen LogP contribution in [0.3, 0.4) is 0 Å². The van der Waals surface area contributed by atoms with Gasteiger partial charge in [-0.2, -0.15) is 0 Å². The van der Waals surface area contributed by atoms with Gasteiger partial charge in [-0.1, -0.05) is 6.08 Å². The van der Waals surface area contributed by atoms with Gasteiger partial charge < -0.3 is 20.4 Å². The van der Waals surface area contributed by atoms with E-state index in [1.165, 1.54) is 13.0 Å². The van der Waals surface area contributed by atoms with E-state index in [1.54, 1.807) is 0 Å². The van der Waals surface area contributed by atoms with Crippen molar-refractivity contribution in [2.24, 2.45) is 11.3 Å². The average Bonchev–Trinajstić information content (AvgIpc) is 2.33. The van der Waals surface area contributed by atoms with E-state index in [-0.39, 0.29) is 16.7 Å². The molecule has 2 unspecified atom stereocenters. The first kappa shape index (κ1) is 17.4. The molecule has 1 aliphatic rings. The molecule has 0 saturated heterocycles. The second-order valence-electron chi connectivity index (χ2n) is 5.30. The van der Waals surface area contributed by atoms with Crippen LogP contribution in [0, 0.1) is 11.3 Å². The zero-order valence-corrected chi connectivity index (χ0v) is 12.0. The molecule has 0 radical (unpaired) electrons. The van der Waals surface area contributed by atoms with Crippen LogP contribution in [0.15, 0.2) is 22.8 Å². The van der Waals surface area contributed by atoms with Crippen molar-refractivity contribution in [1.29, 1.82) is 0 Å². The number of carbonyl (C=O) groups is 4. The van der Waals surface area contributed by atoms with Crippen LogP contribution >= 0.6 is 0 Å². The maximum absolute atomic E-state index is 11.7. The minimum atomic E-state index is -1.91. The summed E-state index contributed by atoms with van der Waals surface area (Å²) in [5, 5.41) is 36.7. The second-order valence-corrected chi connectivity index (χ2v) is 5.30. The molecule has 0 amide bonds. The molecule has 4 N–H and O–H groups in total. The molecule has 0 bridgehead atoms. The molecule has 0 fully saturated rings. The van der Waals surface area contributed by atoms with Crippen LogP contribution in [0.5, 0.6) is 0 Å². The Morgan fingerprint density at radius 1 is 1.09 bits per heavy atom. The number of hydrogen-bond donors (Lipinski definition) is 4. The van der Waals surface area contributed by atoms with Crippen LogP contribution in [0.2, 0.25) is 0 Å². The minimum absolute atomic E-state index is 0.0266. The summed E-state index contributed by atoms with van der Waals surface area (Å²) in [7, 11) is 0. The highest BCUT2D eigenvalue weighted by Crippen LogP contribution is 2.48. The molecule has 0 aromatic carbocycles. The Kier molecular flexibility index (Phi) is 4.75. The zero-order chi connectivity index (χ0) is 17.2. The number of hydrogen-bond acceptors (Lipinski definition) is 4. The maximum atomic E-state index is 11.7. The monoisotopic (exact) mass is 312 g/mol. The van der Waals surface area contributed by atoms with E-state index < -0.39 is 48.1 Å². The lowest BCUT2D eigenvalue weighted by Crippen LogP contribution is -2.44. The van der Waals surface area contributed by atoms with E-state index in [0.717, 1.165) is 6.92 Å². The average molecular weight is 312 g/mol. The number of allylic oxidation sites excluding steroid dienone is 2. The van der Waals surface area contributed by atoms with Crippen molar-refractivity contribution in [2.45, 2.75) is 26.7 Å². The fourth-order valence-electron chi connectivity index (χ4n) is 2.76. The van der Waals surface area contributed by atoms with Crippen molar-refractivity contribution in [3.05, 3.63) is 22.8 Å². The van der Waals surface area contributed by atoms with Crippen LogP contribution in [0.4, 0.5) is 0 Å². The lowest BCUT2D eigenvalue weighted by Gasteiger charge is -2.39. The van der Waals surface area contributed by atoms with Gasteiger partial charge >= 0.3 is 23.9 Å². The van der Waals surface area contributed by atoms with Gasteiger partial charge in [0.05, 0.1) is 18.3 Å². The fourth-order valence-corrected chi connectivity index (χ4v) is 2.76. The summed E-state index contributed by atoms with van der Waals surface area (Å²) in [4.78, 5) is 45.1. The molecule has 0 aliphatic heterocycles. The highest BCUT2D eigenvalue weighted by Gasteiger charge is 2.51. The van der Waals surface area contributed by atoms with Crippen molar-refractivity contribution in [1.82, 2.24) is 0 Å². The quantitative estimate of drug-likeness (QED) is 0.567. The van der Waals surface area contributed by atoms with Crippen LogP contribution < -0.4 is 0 Å². The van der Waals surface area contributed by atoms with Gasteiger partial charge in [0.25, 0.3) is 0 Å². The highest BCUT2D eigenvalue weighted by molar-refractivity contribution is 5.94. The highest BCUT2D eigenvalue weighted by atomic mass is 16.4. The molecule has 2 atom stereocenters. The standard InChI is InChI=1S/C14H16O8/c1-6-3-7(4-9(15)16)14(2,13(21)22)8(5-10(17)18)11(6)12(19)20/h3,8H,4-5H2,1-2H3,(H,15,16)(H,17,18)(H,19,20)(H,21,22). The number of rotatable bonds is 6. The van der Waals surface area contributed by atoms with Gasteiger partial charge in [-0.05, 0) is 25.0 Å². The summed E-state index contributed by atoms with van der Waals surface area (Å²) < 4.78 is 0. The topological polar surface area (TPSA) is 149 Å². The molecule has 22 heavy (non-hydrogen) atoms. The van der Waals surface area contributed by atoms with E-state index in [4.69, 9.17) is 10.2 Å². The van der Waals surface area contributed by atoms with Crippen LogP contribution in [-0.4, -0.2) is 44.3 Å². The maximum Gasteiger partial charge on any atom is 0.332 e. The summed E-state index contributed by atoms with van der Waals surface area (Å²) in [6, 6.07) is 0. The molecule has 120 valence electrons. The van der Waals surface area contributed by atoms with Crippen molar-refractivity contribution >= 4 is 23.9 Å². The molecule has 0 heterocycles. The third-order valence-electron chi connectivity index (χ3n) is 3.92. The first-order valence-electron chi connectivity index (χ1n) is 6.33. The summed E-state index contributed by atoms with van der Waals surface area (Å²) in [6.45, 7) is 2.55. The third-order valence-corrected chi connectivity index (χ3v) is 3.92. The smallest absolute Gasteiger partial charge is 0.332 e. The van der Waals surface area contributed by atoms with Crippen molar-refractivity contribution in [2.75, 3.05) is 0 Å². The molecular weight excluding hydrogens is 296 g/mol. The Bertz CT molecular complexity index is 612. The fraction of sp³-hybridized carbons (Fsp3) is 0.429. The van der Waals surface area contributed by atoms with Gasteiger partial charge in [-0.3, -0.25) is 14.4 Å². The molecule has 0 aromatic heterocycles. The molecule has 8 heteroatoms. The molecule has 8 nitrogen and oxygen atoms in total. The van der Waals surface area contributed by atoms with Gasteiger partial charge in [0.1, 0.15) is 0 Å². The van der Waals surface area contributed by atoms with Crippen molar-refractivity contribution in [3.8, 4) is 0 Å². The summed E-state index contributed by atoms with van der Waals surface area (Å²) in [6.07, 6.45) is -0.119. The van der Waals surface area contributed by atoms with E-state index in [1.807, 2.05) is 0 Å². The lowest BCUT2D eigenvalue weighted by atomic mass is 9.62. The summed E-state index contributed by atoms with van der Waals surface area (Å²) >= 11 is 0. The second kappa shape index (κ2) is 6.00. The van der Waals surface area contributed by atoms with Crippen molar-refractivity contribution < 1.29 is 39.6 Å². The number of carboxylic acids is 4.